The van der Waals surface area contributed by atoms with Crippen molar-refractivity contribution in [2.75, 3.05) is 7.05 Å². The Bertz CT molecular complexity index is 622. The number of benzene rings is 2. The Morgan fingerprint density at radius 3 is 2.52 bits per heavy atom. The van der Waals surface area contributed by atoms with Gasteiger partial charge in [0.05, 0.1) is 0 Å². The molecule has 3 heteroatoms. The first kappa shape index (κ1) is 14.7. The van der Waals surface area contributed by atoms with E-state index in [0.29, 0.717) is 6.04 Å². The third-order valence-corrected chi connectivity index (χ3v) is 5.36. The largest absolute Gasteiger partial charge is 0.316 e. The third-order valence-electron chi connectivity index (χ3n) is 4.58. The van der Waals surface area contributed by atoms with Crippen molar-refractivity contribution in [3.05, 3.63) is 69.9 Å². The van der Waals surface area contributed by atoms with Crippen LogP contribution in [-0.2, 0) is 11.8 Å². The molecule has 1 aliphatic rings. The van der Waals surface area contributed by atoms with Gasteiger partial charge in [-0.15, -0.1) is 0 Å². The highest BCUT2D eigenvalue weighted by Crippen LogP contribution is 2.51. The molecule has 1 aliphatic carbocycles. The Hall–Kier alpha value is -1.19. The molecule has 21 heavy (non-hydrogen) atoms. The number of halogens is 2. The molecule has 1 saturated carbocycles. The number of hydrogen-bond donors (Lipinski definition) is 1. The number of rotatable bonds is 5. The van der Waals surface area contributed by atoms with Crippen molar-refractivity contribution in [2.45, 2.75) is 30.7 Å². The van der Waals surface area contributed by atoms with Gasteiger partial charge in [0.15, 0.2) is 0 Å². The number of hydrogen-bond acceptors (Lipinski definition) is 1. The lowest BCUT2D eigenvalue weighted by Crippen LogP contribution is -2.39. The summed E-state index contributed by atoms with van der Waals surface area (Å²) in [6.45, 7) is 0. The average Bonchev–Trinajstić information content (AvgIpc) is 3.31. The van der Waals surface area contributed by atoms with Crippen molar-refractivity contribution >= 4 is 15.9 Å². The van der Waals surface area contributed by atoms with Crippen LogP contribution in [0.3, 0.4) is 0 Å². The highest BCUT2D eigenvalue weighted by atomic mass is 79.9. The predicted molar refractivity (Wildman–Crippen MR) is 88.0 cm³/mol. The lowest BCUT2D eigenvalue weighted by Gasteiger charge is -2.28. The van der Waals surface area contributed by atoms with Crippen LogP contribution in [0.2, 0.25) is 0 Å². The van der Waals surface area contributed by atoms with Crippen LogP contribution in [0.25, 0.3) is 0 Å². The molecule has 0 amide bonds. The summed E-state index contributed by atoms with van der Waals surface area (Å²) in [4.78, 5) is 0. The third kappa shape index (κ3) is 2.90. The van der Waals surface area contributed by atoms with Gasteiger partial charge in [-0.2, -0.15) is 0 Å². The summed E-state index contributed by atoms with van der Waals surface area (Å²) in [6, 6.07) is 15.9. The van der Waals surface area contributed by atoms with Crippen LogP contribution in [0.4, 0.5) is 4.39 Å². The first-order valence-electron chi connectivity index (χ1n) is 7.32. The first-order chi connectivity index (χ1) is 10.2. The van der Waals surface area contributed by atoms with Crippen LogP contribution >= 0.6 is 15.9 Å². The Kier molecular flexibility index (Phi) is 4.14. The molecule has 0 aromatic heterocycles. The SMILES string of the molecule is CNC(Cc1cc(F)ccc1Br)C1(c2ccccc2)CC1. The zero-order valence-electron chi connectivity index (χ0n) is 12.1. The van der Waals surface area contributed by atoms with E-state index in [1.165, 1.54) is 24.5 Å². The van der Waals surface area contributed by atoms with Crippen molar-refractivity contribution in [3.8, 4) is 0 Å². The Labute approximate surface area is 133 Å². The molecule has 0 saturated heterocycles. The predicted octanol–water partition coefficient (Wildman–Crippen LogP) is 4.45. The van der Waals surface area contributed by atoms with E-state index in [0.717, 1.165) is 16.5 Å². The van der Waals surface area contributed by atoms with E-state index in [4.69, 9.17) is 0 Å². The smallest absolute Gasteiger partial charge is 0.123 e. The van der Waals surface area contributed by atoms with Crippen LogP contribution in [0.15, 0.2) is 53.0 Å². The molecule has 1 atom stereocenters. The van der Waals surface area contributed by atoms with E-state index in [-0.39, 0.29) is 11.2 Å². The molecule has 2 aromatic rings. The normalized spacial score (nSPS) is 17.5. The average molecular weight is 348 g/mol. The summed E-state index contributed by atoms with van der Waals surface area (Å²) in [7, 11) is 2.00. The van der Waals surface area contributed by atoms with Gasteiger partial charge in [0.2, 0.25) is 0 Å². The summed E-state index contributed by atoms with van der Waals surface area (Å²) >= 11 is 3.54. The second-order valence-electron chi connectivity index (χ2n) is 5.80. The summed E-state index contributed by atoms with van der Waals surface area (Å²) < 4.78 is 14.5. The second kappa shape index (κ2) is 5.90. The van der Waals surface area contributed by atoms with Gasteiger partial charge in [-0.1, -0.05) is 46.3 Å². The summed E-state index contributed by atoms with van der Waals surface area (Å²) in [5.41, 5.74) is 2.61. The molecule has 0 aliphatic heterocycles. The molecular weight excluding hydrogens is 329 g/mol. The topological polar surface area (TPSA) is 12.0 Å². The molecule has 1 unspecified atom stereocenters. The van der Waals surface area contributed by atoms with E-state index in [2.05, 4.69) is 51.6 Å². The molecule has 1 N–H and O–H groups in total. The zero-order valence-corrected chi connectivity index (χ0v) is 13.7. The fourth-order valence-electron chi connectivity index (χ4n) is 3.24. The minimum atomic E-state index is -0.174. The van der Waals surface area contributed by atoms with Gasteiger partial charge in [-0.25, -0.2) is 4.39 Å². The van der Waals surface area contributed by atoms with Crippen LogP contribution in [0.5, 0.6) is 0 Å². The molecule has 110 valence electrons. The maximum absolute atomic E-state index is 13.5. The highest BCUT2D eigenvalue weighted by Gasteiger charge is 2.49. The van der Waals surface area contributed by atoms with Crippen molar-refractivity contribution in [3.63, 3.8) is 0 Å². The fourth-order valence-corrected chi connectivity index (χ4v) is 3.64. The highest BCUT2D eigenvalue weighted by molar-refractivity contribution is 9.10. The van der Waals surface area contributed by atoms with E-state index in [1.807, 2.05) is 7.05 Å². The molecule has 0 bridgehead atoms. The van der Waals surface area contributed by atoms with Crippen molar-refractivity contribution in [1.29, 1.82) is 0 Å². The lowest BCUT2D eigenvalue weighted by atomic mass is 9.84. The lowest BCUT2D eigenvalue weighted by molar-refractivity contribution is 0.441. The van der Waals surface area contributed by atoms with Crippen LogP contribution < -0.4 is 5.32 Å². The Morgan fingerprint density at radius 2 is 1.90 bits per heavy atom. The quantitative estimate of drug-likeness (QED) is 0.842. The standard InChI is InChI=1S/C18H19BrFN/c1-21-17(12-13-11-15(20)7-8-16(13)19)18(9-10-18)14-5-3-2-4-6-14/h2-8,11,17,21H,9-10,12H2,1H3. The van der Waals surface area contributed by atoms with Gasteiger partial charge < -0.3 is 5.32 Å². The molecule has 0 spiro atoms. The van der Waals surface area contributed by atoms with Gasteiger partial charge in [-0.05, 0) is 55.6 Å². The molecule has 2 aromatic carbocycles. The van der Waals surface area contributed by atoms with E-state index in [9.17, 15) is 4.39 Å². The van der Waals surface area contributed by atoms with E-state index < -0.39 is 0 Å². The Balaban J connectivity index is 1.88. The number of likely N-dealkylation sites (N-methyl/N-ethyl adjacent to an activating group) is 1. The van der Waals surface area contributed by atoms with Crippen molar-refractivity contribution < 1.29 is 4.39 Å². The molecule has 0 radical (unpaired) electrons. The van der Waals surface area contributed by atoms with Gasteiger partial charge in [-0.3, -0.25) is 0 Å². The monoisotopic (exact) mass is 347 g/mol. The van der Waals surface area contributed by atoms with Gasteiger partial charge in [0, 0.05) is 15.9 Å². The van der Waals surface area contributed by atoms with Crippen molar-refractivity contribution in [2.24, 2.45) is 0 Å². The molecule has 1 nitrogen and oxygen atoms in total. The zero-order chi connectivity index (χ0) is 14.9. The van der Waals surface area contributed by atoms with E-state index >= 15 is 0 Å². The van der Waals surface area contributed by atoms with E-state index in [1.54, 1.807) is 12.1 Å². The minimum Gasteiger partial charge on any atom is -0.316 e. The minimum absolute atomic E-state index is 0.174. The maximum atomic E-state index is 13.5. The Morgan fingerprint density at radius 1 is 1.19 bits per heavy atom. The molecule has 0 heterocycles. The van der Waals surface area contributed by atoms with Crippen molar-refractivity contribution in [1.82, 2.24) is 5.32 Å². The van der Waals surface area contributed by atoms with Crippen LogP contribution in [0.1, 0.15) is 24.0 Å². The van der Waals surface area contributed by atoms with Crippen LogP contribution in [0, 0.1) is 5.82 Å². The summed E-state index contributed by atoms with van der Waals surface area (Å²) in [6.07, 6.45) is 3.20. The first-order valence-corrected chi connectivity index (χ1v) is 8.12. The molecule has 3 rings (SSSR count). The molecular formula is C18H19BrFN. The van der Waals surface area contributed by atoms with Gasteiger partial charge in [0.25, 0.3) is 0 Å². The maximum Gasteiger partial charge on any atom is 0.123 e. The van der Waals surface area contributed by atoms with Gasteiger partial charge in [0.1, 0.15) is 5.82 Å². The molecule has 1 fully saturated rings. The fraction of sp³-hybridized carbons (Fsp3) is 0.333. The number of nitrogens with one attached hydrogen (secondary N) is 1. The van der Waals surface area contributed by atoms with Gasteiger partial charge >= 0.3 is 0 Å². The second-order valence-corrected chi connectivity index (χ2v) is 6.66. The summed E-state index contributed by atoms with van der Waals surface area (Å²) in [5.74, 6) is -0.174. The van der Waals surface area contributed by atoms with Crippen LogP contribution in [-0.4, -0.2) is 13.1 Å². The summed E-state index contributed by atoms with van der Waals surface area (Å²) in [5, 5.41) is 3.46.